The first-order chi connectivity index (χ1) is 11.7. The predicted molar refractivity (Wildman–Crippen MR) is 91.2 cm³/mol. The zero-order valence-corrected chi connectivity index (χ0v) is 13.1. The van der Waals surface area contributed by atoms with Crippen LogP contribution >= 0.6 is 0 Å². The predicted octanol–water partition coefficient (Wildman–Crippen LogP) is 2.33. The number of hydrogen-bond donors (Lipinski definition) is 0. The molecule has 4 rings (SSSR count). The smallest absolute Gasteiger partial charge is 0.261 e. The van der Waals surface area contributed by atoms with Crippen molar-refractivity contribution in [1.82, 2.24) is 24.3 Å². The monoisotopic (exact) mass is 317 g/mol. The fourth-order valence-electron chi connectivity index (χ4n) is 2.61. The van der Waals surface area contributed by atoms with Crippen molar-refractivity contribution >= 4 is 10.9 Å². The van der Waals surface area contributed by atoms with E-state index in [1.807, 2.05) is 55.5 Å². The van der Waals surface area contributed by atoms with Crippen LogP contribution in [-0.4, -0.2) is 24.3 Å². The lowest BCUT2D eigenvalue weighted by Gasteiger charge is -2.05. The molecule has 0 spiro atoms. The largest absolute Gasteiger partial charge is 0.291 e. The molecule has 0 aliphatic carbocycles. The van der Waals surface area contributed by atoms with Gasteiger partial charge in [0, 0.05) is 0 Å². The molecule has 0 saturated carbocycles. The molecule has 2 heterocycles. The summed E-state index contributed by atoms with van der Waals surface area (Å²) in [5, 5.41) is 5.04. The van der Waals surface area contributed by atoms with Gasteiger partial charge in [-0.05, 0) is 31.2 Å². The van der Waals surface area contributed by atoms with E-state index < -0.39 is 0 Å². The summed E-state index contributed by atoms with van der Waals surface area (Å²) >= 11 is 0. The highest BCUT2D eigenvalue weighted by atomic mass is 16.1. The van der Waals surface area contributed by atoms with Gasteiger partial charge < -0.3 is 0 Å². The Bertz CT molecular complexity index is 1070. The van der Waals surface area contributed by atoms with Gasteiger partial charge in [0.05, 0.1) is 29.5 Å². The topological polar surface area (TPSA) is 65.6 Å². The fourth-order valence-corrected chi connectivity index (χ4v) is 2.61. The van der Waals surface area contributed by atoms with E-state index in [0.717, 1.165) is 11.3 Å². The molecule has 4 aromatic rings. The van der Waals surface area contributed by atoms with Crippen LogP contribution in [0.25, 0.3) is 16.6 Å². The van der Waals surface area contributed by atoms with Crippen LogP contribution < -0.4 is 5.56 Å². The van der Waals surface area contributed by atoms with Crippen molar-refractivity contribution in [2.45, 2.75) is 13.5 Å². The van der Waals surface area contributed by atoms with Gasteiger partial charge in [-0.15, -0.1) is 5.10 Å². The zero-order chi connectivity index (χ0) is 16.5. The number of aryl methyl sites for hydroxylation is 1. The summed E-state index contributed by atoms with van der Waals surface area (Å²) in [4.78, 5) is 21.3. The minimum absolute atomic E-state index is 0.0836. The molecule has 0 fully saturated rings. The lowest BCUT2D eigenvalue weighted by molar-refractivity contribution is 0.700. The van der Waals surface area contributed by atoms with E-state index in [1.165, 1.54) is 4.57 Å². The molecule has 118 valence electrons. The van der Waals surface area contributed by atoms with Crippen LogP contribution in [0.15, 0.2) is 66.0 Å². The van der Waals surface area contributed by atoms with E-state index in [1.54, 1.807) is 17.3 Å². The Morgan fingerprint density at radius 2 is 1.83 bits per heavy atom. The normalized spacial score (nSPS) is 11.0. The first kappa shape index (κ1) is 14.3. The maximum Gasteiger partial charge on any atom is 0.261 e. The highest BCUT2D eigenvalue weighted by Crippen LogP contribution is 2.09. The average molecular weight is 317 g/mol. The maximum absolute atomic E-state index is 12.6. The Balaban J connectivity index is 1.69. The number of para-hydroxylation sites is 1. The first-order valence-electron chi connectivity index (χ1n) is 7.62. The molecule has 6 heteroatoms. The molecule has 0 saturated heterocycles. The average Bonchev–Trinajstić information content (AvgIpc) is 3.07. The molecular weight excluding hydrogens is 302 g/mol. The van der Waals surface area contributed by atoms with Crippen LogP contribution in [0.5, 0.6) is 0 Å². The quantitative estimate of drug-likeness (QED) is 0.582. The second-order valence-corrected chi connectivity index (χ2v) is 5.64. The summed E-state index contributed by atoms with van der Waals surface area (Å²) in [5.74, 6) is 0.565. The molecule has 0 unspecified atom stereocenters. The second kappa shape index (κ2) is 5.73. The van der Waals surface area contributed by atoms with Crippen LogP contribution in [0.3, 0.4) is 0 Å². The Labute approximate surface area is 138 Å². The van der Waals surface area contributed by atoms with E-state index in [4.69, 9.17) is 0 Å². The third-order valence-corrected chi connectivity index (χ3v) is 3.85. The molecular formula is C18H15N5O. The highest BCUT2D eigenvalue weighted by molar-refractivity contribution is 5.77. The van der Waals surface area contributed by atoms with Crippen molar-refractivity contribution in [3.8, 4) is 5.69 Å². The molecule has 6 nitrogen and oxygen atoms in total. The summed E-state index contributed by atoms with van der Waals surface area (Å²) in [5.41, 5.74) is 2.57. The first-order valence-corrected chi connectivity index (χ1v) is 7.62. The summed E-state index contributed by atoms with van der Waals surface area (Å²) in [6, 6.07) is 15.4. The minimum Gasteiger partial charge on any atom is -0.291 e. The summed E-state index contributed by atoms with van der Waals surface area (Å²) in [7, 11) is 0. The van der Waals surface area contributed by atoms with Gasteiger partial charge in [-0.2, -0.15) is 0 Å². The number of rotatable bonds is 3. The van der Waals surface area contributed by atoms with Crippen molar-refractivity contribution in [3.63, 3.8) is 0 Å². The van der Waals surface area contributed by atoms with E-state index in [2.05, 4.69) is 15.1 Å². The number of benzene rings is 2. The van der Waals surface area contributed by atoms with Gasteiger partial charge in [0.25, 0.3) is 5.56 Å². The molecule has 2 aromatic heterocycles. The van der Waals surface area contributed by atoms with Crippen LogP contribution in [0.1, 0.15) is 11.4 Å². The zero-order valence-electron chi connectivity index (χ0n) is 13.1. The van der Waals surface area contributed by atoms with Crippen LogP contribution in [0.4, 0.5) is 0 Å². The van der Waals surface area contributed by atoms with Gasteiger partial charge in [0.2, 0.25) is 0 Å². The van der Waals surface area contributed by atoms with Crippen LogP contribution in [-0.2, 0) is 6.54 Å². The van der Waals surface area contributed by atoms with E-state index in [0.29, 0.717) is 16.7 Å². The van der Waals surface area contributed by atoms with Crippen molar-refractivity contribution in [3.05, 3.63) is 82.9 Å². The van der Waals surface area contributed by atoms with Gasteiger partial charge in [-0.3, -0.25) is 9.36 Å². The molecule has 0 atom stereocenters. The third-order valence-electron chi connectivity index (χ3n) is 3.85. The molecule has 0 N–H and O–H groups in total. The minimum atomic E-state index is -0.0836. The third kappa shape index (κ3) is 2.58. The van der Waals surface area contributed by atoms with Crippen LogP contribution in [0.2, 0.25) is 0 Å². The standard InChI is InChI=1S/C18H15N5O/c1-13-7-8-16-15(9-13)18(24)22(11-19-16)10-17-20-12-23(21-17)14-5-3-2-4-6-14/h2-9,11-12H,10H2,1H3. The Morgan fingerprint density at radius 3 is 2.67 bits per heavy atom. The number of fused-ring (bicyclic) bond motifs is 1. The van der Waals surface area contributed by atoms with Gasteiger partial charge in [-0.1, -0.05) is 29.8 Å². The SMILES string of the molecule is Cc1ccc2ncn(Cc3ncn(-c4ccccc4)n3)c(=O)c2c1. The van der Waals surface area contributed by atoms with E-state index >= 15 is 0 Å². The second-order valence-electron chi connectivity index (χ2n) is 5.64. The molecule has 24 heavy (non-hydrogen) atoms. The fraction of sp³-hybridized carbons (Fsp3) is 0.111. The summed E-state index contributed by atoms with van der Waals surface area (Å²) in [6.45, 7) is 2.24. The van der Waals surface area contributed by atoms with E-state index in [9.17, 15) is 4.79 Å². The van der Waals surface area contributed by atoms with Crippen molar-refractivity contribution < 1.29 is 0 Å². The molecule has 0 aliphatic heterocycles. The lowest BCUT2D eigenvalue weighted by atomic mass is 10.2. The lowest BCUT2D eigenvalue weighted by Crippen LogP contribution is -2.21. The van der Waals surface area contributed by atoms with E-state index in [-0.39, 0.29) is 12.1 Å². The maximum atomic E-state index is 12.6. The summed E-state index contributed by atoms with van der Waals surface area (Å²) in [6.07, 6.45) is 3.19. The van der Waals surface area contributed by atoms with Gasteiger partial charge >= 0.3 is 0 Å². The molecule has 0 radical (unpaired) electrons. The van der Waals surface area contributed by atoms with Gasteiger partial charge in [0.15, 0.2) is 5.82 Å². The molecule has 0 amide bonds. The van der Waals surface area contributed by atoms with Crippen molar-refractivity contribution in [2.75, 3.05) is 0 Å². The Hall–Kier alpha value is -3.28. The highest BCUT2D eigenvalue weighted by Gasteiger charge is 2.08. The Kier molecular flexibility index (Phi) is 3.42. The summed E-state index contributed by atoms with van der Waals surface area (Å²) < 4.78 is 3.23. The van der Waals surface area contributed by atoms with Crippen molar-refractivity contribution in [1.29, 1.82) is 0 Å². The van der Waals surface area contributed by atoms with Crippen molar-refractivity contribution in [2.24, 2.45) is 0 Å². The number of nitrogens with zero attached hydrogens (tertiary/aromatic N) is 5. The van der Waals surface area contributed by atoms with Gasteiger partial charge in [0.1, 0.15) is 6.33 Å². The molecule has 2 aromatic carbocycles. The number of hydrogen-bond acceptors (Lipinski definition) is 4. The number of aromatic nitrogens is 5. The Morgan fingerprint density at radius 1 is 1.00 bits per heavy atom. The molecule has 0 aliphatic rings. The molecule has 0 bridgehead atoms. The van der Waals surface area contributed by atoms with Crippen LogP contribution in [0, 0.1) is 6.92 Å². The van der Waals surface area contributed by atoms with Gasteiger partial charge in [-0.25, -0.2) is 14.6 Å².